The molecule has 0 radical (unpaired) electrons. The molecule has 0 aromatic heterocycles. The fraction of sp³-hybridized carbons (Fsp3) is 0.889. The van der Waals surface area contributed by atoms with E-state index in [1.165, 1.54) is 6.42 Å². The van der Waals surface area contributed by atoms with Crippen molar-refractivity contribution in [1.82, 2.24) is 0 Å². The molecular formula is C9H16O3. The number of hydrogen-bond donors (Lipinski definition) is 0. The van der Waals surface area contributed by atoms with Crippen molar-refractivity contribution < 1.29 is 14.3 Å². The molecule has 2 unspecified atom stereocenters. The van der Waals surface area contributed by atoms with Crippen LogP contribution in [0.2, 0.25) is 0 Å². The van der Waals surface area contributed by atoms with Crippen LogP contribution in [0.5, 0.6) is 0 Å². The van der Waals surface area contributed by atoms with E-state index < -0.39 is 6.29 Å². The van der Waals surface area contributed by atoms with Gasteiger partial charge in [0, 0.05) is 0 Å². The first-order valence-corrected chi connectivity index (χ1v) is 4.59. The molecule has 0 amide bonds. The number of aldehydes is 1. The van der Waals surface area contributed by atoms with Crippen molar-refractivity contribution in [1.29, 1.82) is 0 Å². The van der Waals surface area contributed by atoms with Gasteiger partial charge in [-0.2, -0.15) is 0 Å². The van der Waals surface area contributed by atoms with Gasteiger partial charge in [0.05, 0.1) is 12.7 Å². The highest BCUT2D eigenvalue weighted by atomic mass is 16.7. The molecule has 1 heterocycles. The van der Waals surface area contributed by atoms with E-state index in [1.807, 2.05) is 0 Å². The Labute approximate surface area is 73.0 Å². The van der Waals surface area contributed by atoms with E-state index in [1.54, 1.807) is 0 Å². The van der Waals surface area contributed by atoms with Gasteiger partial charge in [0.2, 0.25) is 6.29 Å². The second-order valence-corrected chi connectivity index (χ2v) is 3.06. The SMILES string of the molecule is CCCCC1CCOC(C=O)O1. The summed E-state index contributed by atoms with van der Waals surface area (Å²) in [5.41, 5.74) is 0. The number of ether oxygens (including phenoxy) is 2. The van der Waals surface area contributed by atoms with Crippen LogP contribution in [0, 0.1) is 0 Å². The number of hydrogen-bond acceptors (Lipinski definition) is 3. The minimum absolute atomic E-state index is 0.230. The third-order valence-corrected chi connectivity index (χ3v) is 2.04. The Kier molecular flexibility index (Phi) is 4.25. The van der Waals surface area contributed by atoms with Crippen molar-refractivity contribution in [2.45, 2.75) is 45.0 Å². The molecule has 2 atom stereocenters. The van der Waals surface area contributed by atoms with Gasteiger partial charge < -0.3 is 9.47 Å². The average molecular weight is 172 g/mol. The van der Waals surface area contributed by atoms with E-state index in [2.05, 4.69) is 6.92 Å². The molecule has 0 bridgehead atoms. The number of rotatable bonds is 4. The van der Waals surface area contributed by atoms with Crippen LogP contribution < -0.4 is 0 Å². The van der Waals surface area contributed by atoms with Crippen molar-refractivity contribution in [2.24, 2.45) is 0 Å². The first kappa shape index (κ1) is 9.68. The predicted molar refractivity (Wildman–Crippen MR) is 44.8 cm³/mol. The van der Waals surface area contributed by atoms with E-state index >= 15 is 0 Å². The zero-order chi connectivity index (χ0) is 8.81. The summed E-state index contributed by atoms with van der Waals surface area (Å²) < 4.78 is 10.4. The third-order valence-electron chi connectivity index (χ3n) is 2.04. The minimum Gasteiger partial charge on any atom is -0.346 e. The summed E-state index contributed by atoms with van der Waals surface area (Å²) in [5.74, 6) is 0. The van der Waals surface area contributed by atoms with Crippen molar-refractivity contribution in [3.63, 3.8) is 0 Å². The maximum absolute atomic E-state index is 10.3. The van der Waals surface area contributed by atoms with Gasteiger partial charge >= 0.3 is 0 Å². The summed E-state index contributed by atoms with van der Waals surface area (Å²) in [6.07, 6.45) is 4.64. The van der Waals surface area contributed by atoms with Gasteiger partial charge in [0.1, 0.15) is 0 Å². The van der Waals surface area contributed by atoms with Crippen molar-refractivity contribution in [3.8, 4) is 0 Å². The summed E-state index contributed by atoms with van der Waals surface area (Å²) in [6, 6.07) is 0. The van der Waals surface area contributed by atoms with Gasteiger partial charge in [0.25, 0.3) is 0 Å². The summed E-state index contributed by atoms with van der Waals surface area (Å²) >= 11 is 0. The van der Waals surface area contributed by atoms with E-state index in [0.717, 1.165) is 25.5 Å². The largest absolute Gasteiger partial charge is 0.346 e. The summed E-state index contributed by atoms with van der Waals surface area (Å²) in [5, 5.41) is 0. The second kappa shape index (κ2) is 5.27. The lowest BCUT2D eigenvalue weighted by Crippen LogP contribution is -2.33. The highest BCUT2D eigenvalue weighted by Crippen LogP contribution is 2.16. The Balaban J connectivity index is 2.20. The molecule has 0 saturated carbocycles. The Morgan fingerprint density at radius 1 is 1.58 bits per heavy atom. The maximum atomic E-state index is 10.3. The van der Waals surface area contributed by atoms with Gasteiger partial charge in [-0.3, -0.25) is 4.79 Å². The fourth-order valence-electron chi connectivity index (χ4n) is 1.33. The van der Waals surface area contributed by atoms with Crippen molar-refractivity contribution in [2.75, 3.05) is 6.61 Å². The normalized spacial score (nSPS) is 30.1. The molecule has 0 aliphatic carbocycles. The topological polar surface area (TPSA) is 35.5 Å². The van der Waals surface area contributed by atoms with Crippen LogP contribution in [0.3, 0.4) is 0 Å². The molecule has 70 valence electrons. The molecule has 1 rings (SSSR count). The lowest BCUT2D eigenvalue weighted by atomic mass is 10.1. The predicted octanol–water partition coefficient (Wildman–Crippen LogP) is 1.51. The maximum Gasteiger partial charge on any atom is 0.214 e. The Hall–Kier alpha value is -0.410. The lowest BCUT2D eigenvalue weighted by molar-refractivity contribution is -0.203. The third kappa shape index (κ3) is 2.91. The molecule has 0 aromatic rings. The zero-order valence-electron chi connectivity index (χ0n) is 7.49. The molecule has 0 spiro atoms. The van der Waals surface area contributed by atoms with Gasteiger partial charge in [-0.15, -0.1) is 0 Å². The first-order chi connectivity index (χ1) is 5.86. The Morgan fingerprint density at radius 2 is 2.42 bits per heavy atom. The molecule has 12 heavy (non-hydrogen) atoms. The molecular weight excluding hydrogens is 156 g/mol. The zero-order valence-corrected chi connectivity index (χ0v) is 7.49. The van der Waals surface area contributed by atoms with Gasteiger partial charge in [-0.05, 0) is 12.8 Å². The van der Waals surface area contributed by atoms with Crippen LogP contribution in [0.25, 0.3) is 0 Å². The standard InChI is InChI=1S/C9H16O3/c1-2-3-4-8-5-6-11-9(7-10)12-8/h7-9H,2-6H2,1H3. The van der Waals surface area contributed by atoms with E-state index in [-0.39, 0.29) is 6.10 Å². The van der Waals surface area contributed by atoms with Crippen molar-refractivity contribution >= 4 is 6.29 Å². The average Bonchev–Trinajstić information content (AvgIpc) is 2.15. The van der Waals surface area contributed by atoms with Crippen molar-refractivity contribution in [3.05, 3.63) is 0 Å². The highest BCUT2D eigenvalue weighted by Gasteiger charge is 2.21. The highest BCUT2D eigenvalue weighted by molar-refractivity contribution is 5.53. The monoisotopic (exact) mass is 172 g/mol. The van der Waals surface area contributed by atoms with Gasteiger partial charge in [-0.1, -0.05) is 19.8 Å². The van der Waals surface area contributed by atoms with Crippen LogP contribution in [-0.2, 0) is 14.3 Å². The minimum atomic E-state index is -0.611. The molecule has 0 N–H and O–H groups in total. The molecule has 1 saturated heterocycles. The van der Waals surface area contributed by atoms with Crippen LogP contribution in [-0.4, -0.2) is 25.3 Å². The van der Waals surface area contributed by atoms with E-state index in [0.29, 0.717) is 6.61 Å². The molecule has 3 heteroatoms. The second-order valence-electron chi connectivity index (χ2n) is 3.06. The lowest BCUT2D eigenvalue weighted by Gasteiger charge is -2.26. The summed E-state index contributed by atoms with van der Waals surface area (Å²) in [6.45, 7) is 2.80. The van der Waals surface area contributed by atoms with Crippen LogP contribution in [0.4, 0.5) is 0 Å². The molecule has 3 nitrogen and oxygen atoms in total. The number of carbonyl (C=O) groups is 1. The molecule has 1 aliphatic rings. The summed E-state index contributed by atoms with van der Waals surface area (Å²) in [4.78, 5) is 10.3. The van der Waals surface area contributed by atoms with Gasteiger partial charge in [0.15, 0.2) is 6.29 Å². The quantitative estimate of drug-likeness (QED) is 0.603. The van der Waals surface area contributed by atoms with Crippen LogP contribution in [0.1, 0.15) is 32.6 Å². The molecule has 1 aliphatic heterocycles. The fourth-order valence-corrected chi connectivity index (χ4v) is 1.33. The van der Waals surface area contributed by atoms with Crippen LogP contribution in [0.15, 0.2) is 0 Å². The molecule has 0 aromatic carbocycles. The van der Waals surface area contributed by atoms with E-state index in [4.69, 9.17) is 9.47 Å². The Morgan fingerprint density at radius 3 is 3.08 bits per heavy atom. The number of carbonyl (C=O) groups excluding carboxylic acids is 1. The molecule has 1 fully saturated rings. The Bertz CT molecular complexity index is 136. The first-order valence-electron chi connectivity index (χ1n) is 4.59. The van der Waals surface area contributed by atoms with Crippen LogP contribution >= 0.6 is 0 Å². The summed E-state index contributed by atoms with van der Waals surface area (Å²) in [7, 11) is 0. The van der Waals surface area contributed by atoms with E-state index in [9.17, 15) is 4.79 Å². The van der Waals surface area contributed by atoms with Gasteiger partial charge in [-0.25, -0.2) is 0 Å². The number of unbranched alkanes of at least 4 members (excludes halogenated alkanes) is 1. The smallest absolute Gasteiger partial charge is 0.214 e.